The molecule has 0 radical (unpaired) electrons. The molecule has 0 aliphatic carbocycles. The van der Waals surface area contributed by atoms with E-state index in [4.69, 9.17) is 4.74 Å². The van der Waals surface area contributed by atoms with Crippen LogP contribution in [0.4, 0.5) is 4.79 Å². The van der Waals surface area contributed by atoms with Crippen LogP contribution < -0.4 is 0 Å². The first kappa shape index (κ1) is 10.8. The fraction of sp³-hybridized carbons (Fsp3) is 0.889. The maximum absolute atomic E-state index is 11.3. The quantitative estimate of drug-likeness (QED) is 0.668. The molecular weight excluding hydrogens is 234 g/mol. The minimum absolute atomic E-state index is 0.172. The predicted octanol–water partition coefficient (Wildman–Crippen LogP) is 2.25. The van der Waals surface area contributed by atoms with Crippen LogP contribution in [0.15, 0.2) is 0 Å². The molecule has 76 valence electrons. The van der Waals surface area contributed by atoms with Gasteiger partial charge in [0.1, 0.15) is 0 Å². The molecule has 1 rings (SSSR count). The molecule has 3 nitrogen and oxygen atoms in total. The second-order valence-corrected chi connectivity index (χ2v) is 4.60. The molecule has 1 fully saturated rings. The van der Waals surface area contributed by atoms with Crippen molar-refractivity contribution >= 4 is 22.0 Å². The molecule has 0 saturated carbocycles. The molecule has 1 aliphatic rings. The smallest absolute Gasteiger partial charge is 0.409 e. The summed E-state index contributed by atoms with van der Waals surface area (Å²) in [6.45, 7) is 6.04. The lowest BCUT2D eigenvalue weighted by molar-refractivity contribution is 0.0921. The van der Waals surface area contributed by atoms with E-state index in [9.17, 15) is 4.79 Å². The summed E-state index contributed by atoms with van der Waals surface area (Å²) in [4.78, 5) is 13.7. The Bertz CT molecular complexity index is 186. The van der Waals surface area contributed by atoms with Gasteiger partial charge < -0.3 is 9.64 Å². The minimum Gasteiger partial charge on any atom is -0.450 e. The zero-order valence-electron chi connectivity index (χ0n) is 8.12. The van der Waals surface area contributed by atoms with Gasteiger partial charge in [0.15, 0.2) is 0 Å². The number of hydrogen-bond donors (Lipinski definition) is 0. The topological polar surface area (TPSA) is 29.5 Å². The van der Waals surface area contributed by atoms with E-state index in [1.54, 1.807) is 4.90 Å². The Balaban J connectivity index is 2.40. The van der Waals surface area contributed by atoms with Gasteiger partial charge in [-0.3, -0.25) is 0 Å². The number of alkyl halides is 1. The van der Waals surface area contributed by atoms with Crippen LogP contribution >= 0.6 is 15.9 Å². The van der Waals surface area contributed by atoms with E-state index in [1.807, 2.05) is 6.92 Å². The number of halogens is 1. The van der Waals surface area contributed by atoms with Gasteiger partial charge in [-0.1, -0.05) is 22.9 Å². The van der Waals surface area contributed by atoms with Crippen LogP contribution in [-0.4, -0.2) is 35.5 Å². The lowest BCUT2D eigenvalue weighted by Crippen LogP contribution is -2.43. The average Bonchev–Trinajstić information content (AvgIpc) is 2.10. The van der Waals surface area contributed by atoms with Crippen molar-refractivity contribution < 1.29 is 9.53 Å². The first-order chi connectivity index (χ1) is 6.15. The van der Waals surface area contributed by atoms with Crippen molar-refractivity contribution in [2.75, 3.05) is 19.7 Å². The van der Waals surface area contributed by atoms with Gasteiger partial charge in [0.05, 0.1) is 6.61 Å². The third kappa shape index (κ3) is 2.86. The fourth-order valence-corrected chi connectivity index (χ4v) is 1.87. The highest BCUT2D eigenvalue weighted by Gasteiger charge is 2.27. The van der Waals surface area contributed by atoms with E-state index in [2.05, 4.69) is 22.9 Å². The normalized spacial score (nSPS) is 28.7. The van der Waals surface area contributed by atoms with Gasteiger partial charge in [-0.25, -0.2) is 4.79 Å². The summed E-state index contributed by atoms with van der Waals surface area (Å²) in [5.41, 5.74) is 0. The maximum atomic E-state index is 11.3. The summed E-state index contributed by atoms with van der Waals surface area (Å²) in [5.74, 6) is 0.512. The second kappa shape index (κ2) is 4.84. The molecule has 1 heterocycles. The molecule has 2 atom stereocenters. The Labute approximate surface area is 87.6 Å². The molecule has 1 saturated heterocycles. The number of amides is 1. The first-order valence-electron chi connectivity index (χ1n) is 4.71. The summed E-state index contributed by atoms with van der Waals surface area (Å²) in [7, 11) is 0. The zero-order chi connectivity index (χ0) is 9.84. The van der Waals surface area contributed by atoms with Crippen LogP contribution in [-0.2, 0) is 4.74 Å². The van der Waals surface area contributed by atoms with Crippen LogP contribution in [0.25, 0.3) is 0 Å². The highest BCUT2D eigenvalue weighted by Crippen LogP contribution is 2.23. The monoisotopic (exact) mass is 249 g/mol. The standard InChI is InChI=1S/C9H16BrNO2/c1-3-13-9(12)11-5-4-8(10)7(2)6-11/h7-8H,3-6H2,1-2H3/t7-,8-/m1/s1. The summed E-state index contributed by atoms with van der Waals surface area (Å²) >= 11 is 3.59. The number of carbonyl (C=O) groups is 1. The van der Waals surface area contributed by atoms with E-state index < -0.39 is 0 Å². The summed E-state index contributed by atoms with van der Waals surface area (Å²) < 4.78 is 4.94. The second-order valence-electron chi connectivity index (χ2n) is 3.43. The van der Waals surface area contributed by atoms with Gasteiger partial charge in [-0.05, 0) is 19.3 Å². The molecule has 0 bridgehead atoms. The highest BCUT2D eigenvalue weighted by molar-refractivity contribution is 9.09. The van der Waals surface area contributed by atoms with Crippen LogP contribution in [0.3, 0.4) is 0 Å². The third-order valence-corrected chi connectivity index (χ3v) is 3.69. The van der Waals surface area contributed by atoms with Gasteiger partial charge in [-0.2, -0.15) is 0 Å². The fourth-order valence-electron chi connectivity index (χ4n) is 1.50. The molecule has 0 N–H and O–H groups in total. The van der Waals surface area contributed by atoms with Crippen molar-refractivity contribution in [2.24, 2.45) is 5.92 Å². The number of likely N-dealkylation sites (tertiary alicyclic amines) is 1. The Kier molecular flexibility index (Phi) is 4.03. The molecule has 0 unspecified atom stereocenters. The van der Waals surface area contributed by atoms with Crippen molar-refractivity contribution in [3.05, 3.63) is 0 Å². The zero-order valence-corrected chi connectivity index (χ0v) is 9.71. The molecular formula is C9H16BrNO2. The van der Waals surface area contributed by atoms with Gasteiger partial charge in [0.2, 0.25) is 0 Å². The lowest BCUT2D eigenvalue weighted by Gasteiger charge is -2.33. The number of hydrogen-bond acceptors (Lipinski definition) is 2. The van der Waals surface area contributed by atoms with Crippen molar-refractivity contribution in [1.82, 2.24) is 4.90 Å². The molecule has 0 spiro atoms. The van der Waals surface area contributed by atoms with Crippen molar-refractivity contribution in [3.63, 3.8) is 0 Å². The Hall–Kier alpha value is -0.250. The summed E-state index contributed by atoms with van der Waals surface area (Å²) in [6, 6.07) is 0. The van der Waals surface area contributed by atoms with E-state index >= 15 is 0 Å². The molecule has 4 heteroatoms. The van der Waals surface area contributed by atoms with Crippen LogP contribution in [0.1, 0.15) is 20.3 Å². The minimum atomic E-state index is -0.172. The van der Waals surface area contributed by atoms with Gasteiger partial charge in [-0.15, -0.1) is 0 Å². The van der Waals surface area contributed by atoms with Crippen molar-refractivity contribution in [3.8, 4) is 0 Å². The van der Waals surface area contributed by atoms with Crippen molar-refractivity contribution in [1.29, 1.82) is 0 Å². The van der Waals surface area contributed by atoms with Crippen LogP contribution in [0, 0.1) is 5.92 Å². The number of ether oxygens (including phenoxy) is 1. The van der Waals surface area contributed by atoms with Gasteiger partial charge in [0, 0.05) is 17.9 Å². The summed E-state index contributed by atoms with van der Waals surface area (Å²) in [5, 5.41) is 0. The molecule has 0 aromatic carbocycles. The van der Waals surface area contributed by atoms with Gasteiger partial charge in [0.25, 0.3) is 0 Å². The van der Waals surface area contributed by atoms with E-state index in [1.165, 1.54) is 0 Å². The number of rotatable bonds is 1. The molecule has 1 amide bonds. The number of carbonyl (C=O) groups excluding carboxylic acids is 1. The molecule has 0 aromatic rings. The largest absolute Gasteiger partial charge is 0.450 e. The Morgan fingerprint density at radius 3 is 2.92 bits per heavy atom. The molecule has 13 heavy (non-hydrogen) atoms. The van der Waals surface area contributed by atoms with Crippen molar-refractivity contribution in [2.45, 2.75) is 25.1 Å². The van der Waals surface area contributed by atoms with Gasteiger partial charge >= 0.3 is 6.09 Å². The molecule has 0 aromatic heterocycles. The number of nitrogens with zero attached hydrogens (tertiary/aromatic N) is 1. The highest BCUT2D eigenvalue weighted by atomic mass is 79.9. The van der Waals surface area contributed by atoms with E-state index in [-0.39, 0.29) is 6.09 Å². The number of piperidine rings is 1. The summed E-state index contributed by atoms with van der Waals surface area (Å²) in [6.07, 6.45) is 0.841. The first-order valence-corrected chi connectivity index (χ1v) is 5.62. The third-order valence-electron chi connectivity index (χ3n) is 2.33. The van der Waals surface area contributed by atoms with Crippen LogP contribution in [0.5, 0.6) is 0 Å². The SMILES string of the molecule is CCOC(=O)N1CC[C@@H](Br)[C@H](C)C1. The van der Waals surface area contributed by atoms with Crippen LogP contribution in [0.2, 0.25) is 0 Å². The molecule has 1 aliphatic heterocycles. The maximum Gasteiger partial charge on any atom is 0.409 e. The lowest BCUT2D eigenvalue weighted by atomic mass is 10.0. The Morgan fingerprint density at radius 1 is 1.69 bits per heavy atom. The van der Waals surface area contributed by atoms with E-state index in [0.29, 0.717) is 17.4 Å². The van der Waals surface area contributed by atoms with E-state index in [0.717, 1.165) is 19.5 Å². The predicted molar refractivity (Wildman–Crippen MR) is 55.1 cm³/mol. The Morgan fingerprint density at radius 2 is 2.38 bits per heavy atom. The average molecular weight is 250 g/mol.